The van der Waals surface area contributed by atoms with Crippen LogP contribution in [0.25, 0.3) is 0 Å². The zero-order valence-electron chi connectivity index (χ0n) is 2.01. The summed E-state index contributed by atoms with van der Waals surface area (Å²) >= 11 is 0.759. The van der Waals surface area contributed by atoms with E-state index in [4.69, 9.17) is 0 Å². The Morgan fingerprint density at radius 1 is 1.75 bits per heavy atom. The third-order valence-corrected chi connectivity index (χ3v) is 0.183. The van der Waals surface area contributed by atoms with Crippen molar-refractivity contribution in [3.05, 3.63) is 0 Å². The number of hydrogen-bond donors (Lipinski definition) is 2. The van der Waals surface area contributed by atoms with Crippen molar-refractivity contribution in [1.29, 1.82) is 0 Å². The first-order chi connectivity index (χ1) is 1.91. The van der Waals surface area contributed by atoms with Crippen molar-refractivity contribution in [2.24, 2.45) is 11.0 Å². The molecule has 0 aromatic carbocycles. The fourth-order valence-corrected chi connectivity index (χ4v) is 0. The quantitative estimate of drug-likeness (QED) is 0.240. The van der Waals surface area contributed by atoms with Gasteiger partial charge < -0.3 is 0 Å². The molecule has 0 bridgehead atoms. The van der Waals surface area contributed by atoms with E-state index < -0.39 is 0 Å². The van der Waals surface area contributed by atoms with Crippen molar-refractivity contribution >= 4 is 12.1 Å². The van der Waals surface area contributed by atoms with Gasteiger partial charge in [-0.1, -0.05) is 4.83 Å². The topological polar surface area (TPSA) is 66.1 Å². The van der Waals surface area contributed by atoms with E-state index in [1.54, 1.807) is 0 Å². The second kappa shape index (κ2) is 3.23. The molecule has 0 atom stereocenters. The molecule has 1 radical (unpaired) electrons. The van der Waals surface area contributed by atoms with Crippen LogP contribution in [-0.4, -0.2) is 0 Å². The predicted molar refractivity (Wildman–Crippen MR) is 18.1 cm³/mol. The van der Waals surface area contributed by atoms with Crippen molar-refractivity contribution in [3.8, 4) is 0 Å². The number of nitrogens with zero attached hydrogens (tertiary/aromatic N) is 1. The molecule has 0 fully saturated rings. The zero-order valence-corrected chi connectivity index (χ0v) is 2.83. The predicted octanol–water partition coefficient (Wildman–Crippen LogP) is -1.01. The minimum absolute atomic E-state index is 0.759. The molecule has 0 rings (SSSR count). The van der Waals surface area contributed by atoms with Crippen molar-refractivity contribution in [3.63, 3.8) is 0 Å². The molecule has 0 aliphatic rings. The molecular weight excluding hydrogens is 74.1 g/mol. The van der Waals surface area contributed by atoms with Gasteiger partial charge in [-0.25, -0.2) is 5.84 Å². The van der Waals surface area contributed by atoms with Crippen LogP contribution in [0.4, 0.5) is 0 Å². The van der Waals surface area contributed by atoms with Gasteiger partial charge in [-0.05, 0) is 0 Å². The van der Waals surface area contributed by atoms with E-state index in [-0.39, 0.29) is 0 Å². The Labute approximate surface area is 29.0 Å². The van der Waals surface area contributed by atoms with Gasteiger partial charge in [0, 0.05) is 12.1 Å². The average molecular weight is 78.1 g/mol. The Balaban J connectivity index is 1.97. The summed E-state index contributed by atoms with van der Waals surface area (Å²) in [6.45, 7) is 0. The summed E-state index contributed by atoms with van der Waals surface area (Å²) in [5.74, 6) is 4.49. The molecule has 0 aromatic heterocycles. The van der Waals surface area contributed by atoms with Crippen LogP contribution in [0.5, 0.6) is 0 Å². The van der Waals surface area contributed by atoms with E-state index in [1.807, 2.05) is 0 Å². The lowest BCUT2D eigenvalue weighted by molar-refractivity contribution is 1.10. The van der Waals surface area contributed by atoms with Crippen LogP contribution in [-0.2, 0) is 0 Å². The molecule has 0 spiro atoms. The van der Waals surface area contributed by atoms with Crippen molar-refractivity contribution < 1.29 is 0 Å². The zero-order chi connectivity index (χ0) is 3.41. The standard InChI is InChI=1S/H4N3S/c1-3-4-2/h1-2H2. The van der Waals surface area contributed by atoms with Gasteiger partial charge in [-0.2, -0.15) is 0 Å². The van der Waals surface area contributed by atoms with Crippen molar-refractivity contribution in [1.82, 2.24) is 4.83 Å². The Hall–Kier alpha value is 0.230. The van der Waals surface area contributed by atoms with E-state index in [9.17, 15) is 0 Å². The van der Waals surface area contributed by atoms with Gasteiger partial charge in [0.15, 0.2) is 0 Å². The molecule has 0 amide bonds. The molecule has 0 heterocycles. The van der Waals surface area contributed by atoms with E-state index in [1.165, 1.54) is 0 Å². The van der Waals surface area contributed by atoms with Gasteiger partial charge in [0.1, 0.15) is 0 Å². The molecular formula is H4N3S. The van der Waals surface area contributed by atoms with E-state index in [0.717, 1.165) is 12.1 Å². The maximum Gasteiger partial charge on any atom is 0.0375 e. The molecule has 0 aromatic rings. The number of rotatable bonds is 1. The number of hydrogen-bond acceptors (Lipinski definition) is 3. The molecule has 0 aliphatic heterocycles. The van der Waals surface area contributed by atoms with Crippen LogP contribution in [0, 0.1) is 0 Å². The molecule has 25 valence electrons. The van der Waals surface area contributed by atoms with E-state index in [0.29, 0.717) is 0 Å². The van der Waals surface area contributed by atoms with E-state index in [2.05, 4.69) is 15.8 Å². The van der Waals surface area contributed by atoms with Gasteiger partial charge in [0.05, 0.1) is 0 Å². The summed E-state index contributed by atoms with van der Waals surface area (Å²) in [6.07, 6.45) is 0. The molecule has 4 heteroatoms. The van der Waals surface area contributed by atoms with Crippen LogP contribution >= 0.6 is 12.1 Å². The molecule has 0 aliphatic carbocycles. The monoisotopic (exact) mass is 78.0 g/mol. The summed E-state index contributed by atoms with van der Waals surface area (Å²) in [6, 6.07) is 0. The van der Waals surface area contributed by atoms with Crippen LogP contribution in [0.2, 0.25) is 0 Å². The highest BCUT2D eigenvalue weighted by Crippen LogP contribution is 1.61. The normalized spacial score (nSPS) is 7.50. The first-order valence-corrected chi connectivity index (χ1v) is 1.51. The first kappa shape index (κ1) is 4.23. The highest BCUT2D eigenvalue weighted by molar-refractivity contribution is 7.94. The maximum atomic E-state index is 4.65. The van der Waals surface area contributed by atoms with Gasteiger partial charge in [-0.15, -0.1) is 0 Å². The fraction of sp³-hybridized carbons (Fsp3) is 0. The first-order valence-electron chi connectivity index (χ1n) is 0.676. The van der Waals surface area contributed by atoms with Crippen molar-refractivity contribution in [2.45, 2.75) is 0 Å². The van der Waals surface area contributed by atoms with Crippen LogP contribution in [0.15, 0.2) is 0 Å². The molecule has 0 unspecified atom stereocenters. The van der Waals surface area contributed by atoms with Gasteiger partial charge in [0.25, 0.3) is 0 Å². The maximum absolute atomic E-state index is 4.65. The molecule has 4 N–H and O–H groups in total. The molecule has 0 saturated heterocycles. The molecule has 0 saturated carbocycles. The molecule has 3 nitrogen and oxygen atoms in total. The third kappa shape index (κ3) is 2.23. The summed E-state index contributed by atoms with van der Waals surface area (Å²) < 4.78 is 0. The lowest BCUT2D eigenvalue weighted by Gasteiger charge is -1.71. The van der Waals surface area contributed by atoms with Crippen molar-refractivity contribution in [2.75, 3.05) is 0 Å². The van der Waals surface area contributed by atoms with Crippen LogP contribution < -0.4 is 15.8 Å². The molecule has 4 heavy (non-hydrogen) atoms. The lowest BCUT2D eigenvalue weighted by Crippen LogP contribution is -2.04. The smallest absolute Gasteiger partial charge is 0.0375 e. The second-order valence-corrected chi connectivity index (χ2v) is 0.632. The Kier molecular flexibility index (Phi) is 3.42. The Morgan fingerprint density at radius 3 is 2.00 bits per heavy atom. The summed E-state index contributed by atoms with van der Waals surface area (Å²) in [4.78, 5) is 2.93. The number of nitrogens with two attached hydrogens (primary N) is 2. The average Bonchev–Trinajstić information content (AvgIpc) is 1.37. The van der Waals surface area contributed by atoms with Crippen LogP contribution in [0.1, 0.15) is 0 Å². The van der Waals surface area contributed by atoms with Crippen LogP contribution in [0.3, 0.4) is 0 Å². The largest absolute Gasteiger partial charge is 0.262 e. The Bertz CT molecular complexity index is 5.25. The van der Waals surface area contributed by atoms with Gasteiger partial charge >= 0.3 is 0 Å². The Morgan fingerprint density at radius 2 is 2.00 bits per heavy atom. The highest BCUT2D eigenvalue weighted by Gasteiger charge is 1.54. The fourth-order valence-electron chi connectivity index (χ4n) is 0. The third-order valence-electron chi connectivity index (χ3n) is 0.0609. The minimum atomic E-state index is 0.759. The second-order valence-electron chi connectivity index (χ2n) is 0.211. The van der Waals surface area contributed by atoms with Gasteiger partial charge in [0.2, 0.25) is 0 Å². The summed E-state index contributed by atoms with van der Waals surface area (Å²) in [7, 11) is 0. The van der Waals surface area contributed by atoms with Gasteiger partial charge in [-0.3, -0.25) is 5.14 Å². The highest BCUT2D eigenvalue weighted by atomic mass is 32.2. The summed E-state index contributed by atoms with van der Waals surface area (Å²) in [5.41, 5.74) is 0. The lowest BCUT2D eigenvalue weighted by atomic mass is 13.0. The SMILES string of the molecule is N[N]SN. The van der Waals surface area contributed by atoms with E-state index >= 15 is 0 Å². The minimum Gasteiger partial charge on any atom is -0.262 e. The summed E-state index contributed by atoms with van der Waals surface area (Å²) in [5, 5.41) is 4.65.